The molecule has 0 spiro atoms. The Bertz CT molecular complexity index is 525. The number of aliphatic hydroxyl groups excluding tert-OH is 1. The van der Waals surface area contributed by atoms with Crippen LogP contribution in [0.15, 0.2) is 30.6 Å². The number of aliphatic hydroxyl groups is 1. The lowest BCUT2D eigenvalue weighted by molar-refractivity contribution is 0.269. The molecule has 0 aliphatic rings. The Morgan fingerprint density at radius 1 is 1.44 bits per heavy atom. The lowest BCUT2D eigenvalue weighted by Crippen LogP contribution is -2.03. The SMILES string of the molecule is Cc1c(F)cccc1NCc1cnn(CCO)c1. The van der Waals surface area contributed by atoms with Crippen molar-refractivity contribution in [2.24, 2.45) is 0 Å². The van der Waals surface area contributed by atoms with E-state index in [2.05, 4.69) is 10.4 Å². The number of benzene rings is 1. The highest BCUT2D eigenvalue weighted by Gasteiger charge is 2.03. The van der Waals surface area contributed by atoms with Crippen LogP contribution in [0.4, 0.5) is 10.1 Å². The molecule has 2 aromatic rings. The van der Waals surface area contributed by atoms with E-state index in [1.165, 1.54) is 6.07 Å². The number of nitrogens with zero attached hydrogens (tertiary/aromatic N) is 2. The standard InChI is InChI=1S/C13H16FN3O/c1-10-12(14)3-2-4-13(10)15-7-11-8-16-17(9-11)5-6-18/h2-4,8-9,15,18H,5-7H2,1H3. The molecule has 1 aromatic heterocycles. The fraction of sp³-hybridized carbons (Fsp3) is 0.308. The highest BCUT2D eigenvalue weighted by Crippen LogP contribution is 2.18. The van der Waals surface area contributed by atoms with E-state index in [9.17, 15) is 4.39 Å². The molecule has 0 amide bonds. The third kappa shape index (κ3) is 2.87. The minimum atomic E-state index is -0.212. The van der Waals surface area contributed by atoms with Crippen LogP contribution in [0.1, 0.15) is 11.1 Å². The number of hydrogen-bond donors (Lipinski definition) is 2. The summed E-state index contributed by atoms with van der Waals surface area (Å²) in [6, 6.07) is 4.97. The van der Waals surface area contributed by atoms with Gasteiger partial charge in [-0.15, -0.1) is 0 Å². The molecule has 2 N–H and O–H groups in total. The fourth-order valence-corrected chi connectivity index (χ4v) is 1.72. The van der Waals surface area contributed by atoms with Gasteiger partial charge in [0.25, 0.3) is 0 Å². The van der Waals surface area contributed by atoms with Crippen LogP contribution < -0.4 is 5.32 Å². The zero-order valence-corrected chi connectivity index (χ0v) is 10.2. The number of halogens is 1. The summed E-state index contributed by atoms with van der Waals surface area (Å²) in [5, 5.41) is 16.1. The van der Waals surface area contributed by atoms with Gasteiger partial charge in [-0.1, -0.05) is 6.07 Å². The van der Waals surface area contributed by atoms with E-state index in [1.54, 1.807) is 23.9 Å². The van der Waals surface area contributed by atoms with Crippen molar-refractivity contribution < 1.29 is 9.50 Å². The Labute approximate surface area is 105 Å². The molecule has 0 aliphatic carbocycles. The molecular formula is C13H16FN3O. The summed E-state index contributed by atoms with van der Waals surface area (Å²) < 4.78 is 15.0. The molecule has 18 heavy (non-hydrogen) atoms. The van der Waals surface area contributed by atoms with Gasteiger partial charge in [-0.2, -0.15) is 5.10 Å². The van der Waals surface area contributed by atoms with Gasteiger partial charge in [0.1, 0.15) is 5.82 Å². The van der Waals surface area contributed by atoms with Crippen molar-refractivity contribution in [2.75, 3.05) is 11.9 Å². The fourth-order valence-electron chi connectivity index (χ4n) is 1.72. The molecule has 0 saturated heterocycles. The van der Waals surface area contributed by atoms with Gasteiger partial charge in [0.15, 0.2) is 0 Å². The lowest BCUT2D eigenvalue weighted by Gasteiger charge is -2.08. The van der Waals surface area contributed by atoms with Crippen molar-refractivity contribution in [3.63, 3.8) is 0 Å². The molecule has 0 unspecified atom stereocenters. The van der Waals surface area contributed by atoms with Gasteiger partial charge >= 0.3 is 0 Å². The minimum Gasteiger partial charge on any atom is -0.394 e. The van der Waals surface area contributed by atoms with E-state index in [1.807, 2.05) is 12.3 Å². The Hall–Kier alpha value is -1.88. The van der Waals surface area contributed by atoms with Gasteiger partial charge in [-0.05, 0) is 19.1 Å². The Balaban J connectivity index is 2.00. The summed E-state index contributed by atoms with van der Waals surface area (Å²) >= 11 is 0. The third-order valence-electron chi connectivity index (χ3n) is 2.77. The molecule has 1 heterocycles. The van der Waals surface area contributed by atoms with Crippen molar-refractivity contribution in [2.45, 2.75) is 20.0 Å². The van der Waals surface area contributed by atoms with Crippen LogP contribution in [0.3, 0.4) is 0 Å². The smallest absolute Gasteiger partial charge is 0.128 e. The number of nitrogens with one attached hydrogen (secondary N) is 1. The predicted octanol–water partition coefficient (Wildman–Crippen LogP) is 1.94. The molecule has 0 saturated carbocycles. The number of anilines is 1. The highest BCUT2D eigenvalue weighted by atomic mass is 19.1. The molecule has 4 nitrogen and oxygen atoms in total. The number of rotatable bonds is 5. The van der Waals surface area contributed by atoms with Gasteiger partial charge < -0.3 is 10.4 Å². The van der Waals surface area contributed by atoms with Crippen LogP contribution in [-0.2, 0) is 13.1 Å². The predicted molar refractivity (Wildman–Crippen MR) is 67.8 cm³/mol. The maximum Gasteiger partial charge on any atom is 0.128 e. The topological polar surface area (TPSA) is 50.1 Å². The normalized spacial score (nSPS) is 10.6. The van der Waals surface area contributed by atoms with Crippen molar-refractivity contribution in [1.82, 2.24) is 9.78 Å². The van der Waals surface area contributed by atoms with Crippen LogP contribution in [-0.4, -0.2) is 21.5 Å². The molecular weight excluding hydrogens is 233 g/mol. The minimum absolute atomic E-state index is 0.0670. The van der Waals surface area contributed by atoms with Gasteiger partial charge in [0.05, 0.1) is 19.3 Å². The monoisotopic (exact) mass is 249 g/mol. The van der Waals surface area contributed by atoms with E-state index in [0.29, 0.717) is 18.7 Å². The lowest BCUT2D eigenvalue weighted by atomic mass is 10.2. The molecule has 0 atom stereocenters. The van der Waals surface area contributed by atoms with Gasteiger partial charge in [-0.25, -0.2) is 4.39 Å². The Morgan fingerprint density at radius 2 is 2.28 bits per heavy atom. The average Bonchev–Trinajstić information content (AvgIpc) is 2.79. The molecule has 96 valence electrons. The number of aromatic nitrogens is 2. The Kier molecular flexibility index (Phi) is 3.94. The van der Waals surface area contributed by atoms with Gasteiger partial charge in [0.2, 0.25) is 0 Å². The largest absolute Gasteiger partial charge is 0.394 e. The zero-order chi connectivity index (χ0) is 13.0. The van der Waals surface area contributed by atoms with E-state index in [0.717, 1.165) is 11.3 Å². The van der Waals surface area contributed by atoms with Crippen LogP contribution in [0.2, 0.25) is 0 Å². The molecule has 2 rings (SSSR count). The summed E-state index contributed by atoms with van der Waals surface area (Å²) in [7, 11) is 0. The maximum atomic E-state index is 13.3. The van der Waals surface area contributed by atoms with Crippen molar-refractivity contribution in [3.05, 3.63) is 47.5 Å². The summed E-state index contributed by atoms with van der Waals surface area (Å²) in [4.78, 5) is 0. The van der Waals surface area contributed by atoms with E-state index >= 15 is 0 Å². The first-order valence-electron chi connectivity index (χ1n) is 5.82. The molecule has 5 heteroatoms. The summed E-state index contributed by atoms with van der Waals surface area (Å²) in [6.07, 6.45) is 3.59. The van der Waals surface area contributed by atoms with Crippen molar-refractivity contribution in [3.8, 4) is 0 Å². The van der Waals surface area contributed by atoms with Crippen LogP contribution in [0, 0.1) is 12.7 Å². The van der Waals surface area contributed by atoms with Crippen LogP contribution in [0.5, 0.6) is 0 Å². The third-order valence-corrected chi connectivity index (χ3v) is 2.77. The van der Waals surface area contributed by atoms with Crippen LogP contribution >= 0.6 is 0 Å². The summed E-state index contributed by atoms with van der Waals surface area (Å²) in [6.45, 7) is 2.87. The second kappa shape index (κ2) is 5.64. The van der Waals surface area contributed by atoms with Crippen molar-refractivity contribution >= 4 is 5.69 Å². The van der Waals surface area contributed by atoms with Crippen molar-refractivity contribution in [1.29, 1.82) is 0 Å². The maximum absolute atomic E-state index is 13.3. The summed E-state index contributed by atoms with van der Waals surface area (Å²) in [5.74, 6) is -0.212. The van der Waals surface area contributed by atoms with Crippen LogP contribution in [0.25, 0.3) is 0 Å². The first-order chi connectivity index (χ1) is 8.70. The quantitative estimate of drug-likeness (QED) is 0.851. The zero-order valence-electron chi connectivity index (χ0n) is 10.2. The molecule has 0 bridgehead atoms. The first-order valence-corrected chi connectivity index (χ1v) is 5.82. The van der Waals surface area contributed by atoms with Gasteiger partial charge in [-0.3, -0.25) is 4.68 Å². The summed E-state index contributed by atoms with van der Waals surface area (Å²) in [5.41, 5.74) is 2.39. The number of hydrogen-bond acceptors (Lipinski definition) is 3. The van der Waals surface area contributed by atoms with Gasteiger partial charge in [0, 0.05) is 29.6 Å². The molecule has 1 aromatic carbocycles. The molecule has 0 aliphatic heterocycles. The van der Waals surface area contributed by atoms with E-state index in [-0.39, 0.29) is 12.4 Å². The Morgan fingerprint density at radius 3 is 3.06 bits per heavy atom. The second-order valence-corrected chi connectivity index (χ2v) is 4.10. The highest BCUT2D eigenvalue weighted by molar-refractivity contribution is 5.51. The second-order valence-electron chi connectivity index (χ2n) is 4.10. The van der Waals surface area contributed by atoms with E-state index < -0.39 is 0 Å². The molecule has 0 fully saturated rings. The first kappa shape index (κ1) is 12.6. The van der Waals surface area contributed by atoms with E-state index in [4.69, 9.17) is 5.11 Å². The average molecular weight is 249 g/mol. The molecule has 0 radical (unpaired) electrons.